The number of hydrogen-bond donors (Lipinski definition) is 1. The SMILES string of the molecule is O=C(CCc1ccccc1)Nc1ccc2nc(SCc3ccc(Br)cc3)sc2c1. The Morgan fingerprint density at radius 3 is 2.59 bits per heavy atom. The van der Waals surface area contributed by atoms with E-state index in [1.165, 1.54) is 11.1 Å². The van der Waals surface area contributed by atoms with Crippen LogP contribution in [0, 0.1) is 0 Å². The lowest BCUT2D eigenvalue weighted by atomic mass is 10.1. The van der Waals surface area contributed by atoms with Crippen LogP contribution in [0.2, 0.25) is 0 Å². The van der Waals surface area contributed by atoms with E-state index in [1.54, 1.807) is 23.1 Å². The molecule has 6 heteroatoms. The van der Waals surface area contributed by atoms with Crippen LogP contribution >= 0.6 is 39.0 Å². The molecule has 146 valence electrons. The summed E-state index contributed by atoms with van der Waals surface area (Å²) in [7, 11) is 0. The largest absolute Gasteiger partial charge is 0.326 e. The maximum Gasteiger partial charge on any atom is 0.224 e. The first-order chi connectivity index (χ1) is 14.2. The average Bonchev–Trinajstić information content (AvgIpc) is 3.15. The monoisotopic (exact) mass is 482 g/mol. The van der Waals surface area contributed by atoms with Gasteiger partial charge in [0.15, 0.2) is 4.34 Å². The maximum absolute atomic E-state index is 12.3. The minimum absolute atomic E-state index is 0.0301. The predicted octanol–water partition coefficient (Wildman–Crippen LogP) is 6.92. The molecule has 1 aromatic heterocycles. The van der Waals surface area contributed by atoms with E-state index in [0.29, 0.717) is 6.42 Å². The number of hydrogen-bond acceptors (Lipinski definition) is 4. The zero-order chi connectivity index (χ0) is 20.1. The van der Waals surface area contributed by atoms with E-state index in [2.05, 4.69) is 45.5 Å². The minimum atomic E-state index is 0.0301. The molecule has 1 heterocycles. The summed E-state index contributed by atoms with van der Waals surface area (Å²) in [5.74, 6) is 0.915. The number of thioether (sulfide) groups is 1. The summed E-state index contributed by atoms with van der Waals surface area (Å²) >= 11 is 6.86. The van der Waals surface area contributed by atoms with Gasteiger partial charge in [-0.3, -0.25) is 4.79 Å². The van der Waals surface area contributed by atoms with Crippen LogP contribution in [0.4, 0.5) is 5.69 Å². The van der Waals surface area contributed by atoms with E-state index < -0.39 is 0 Å². The maximum atomic E-state index is 12.3. The quantitative estimate of drug-likeness (QED) is 0.290. The normalized spacial score (nSPS) is 10.9. The first-order valence-electron chi connectivity index (χ1n) is 9.27. The van der Waals surface area contributed by atoms with Crippen LogP contribution in [0.1, 0.15) is 17.5 Å². The van der Waals surface area contributed by atoms with Crippen LogP contribution in [0.25, 0.3) is 10.2 Å². The first-order valence-corrected chi connectivity index (χ1v) is 11.9. The van der Waals surface area contributed by atoms with Gasteiger partial charge in [-0.25, -0.2) is 4.98 Å². The van der Waals surface area contributed by atoms with E-state index in [-0.39, 0.29) is 5.91 Å². The molecule has 0 atom stereocenters. The Labute approximate surface area is 186 Å². The number of halogens is 1. The molecule has 0 unspecified atom stereocenters. The lowest BCUT2D eigenvalue weighted by Crippen LogP contribution is -2.12. The molecule has 0 saturated heterocycles. The van der Waals surface area contributed by atoms with Crippen molar-refractivity contribution in [2.75, 3.05) is 5.32 Å². The lowest BCUT2D eigenvalue weighted by Gasteiger charge is -2.05. The van der Waals surface area contributed by atoms with Crippen molar-refractivity contribution in [1.82, 2.24) is 4.98 Å². The van der Waals surface area contributed by atoms with Crippen molar-refractivity contribution in [3.05, 3.63) is 88.4 Å². The van der Waals surface area contributed by atoms with E-state index in [4.69, 9.17) is 4.98 Å². The van der Waals surface area contributed by atoms with Crippen molar-refractivity contribution in [3.8, 4) is 0 Å². The molecule has 0 aliphatic carbocycles. The summed E-state index contributed by atoms with van der Waals surface area (Å²) < 4.78 is 3.21. The van der Waals surface area contributed by atoms with E-state index in [0.717, 1.165) is 36.9 Å². The van der Waals surface area contributed by atoms with Gasteiger partial charge in [0.05, 0.1) is 10.2 Å². The van der Waals surface area contributed by atoms with Crippen LogP contribution in [0.3, 0.4) is 0 Å². The van der Waals surface area contributed by atoms with Crippen LogP contribution in [0.15, 0.2) is 81.6 Å². The van der Waals surface area contributed by atoms with Gasteiger partial charge in [0.1, 0.15) is 0 Å². The summed E-state index contributed by atoms with van der Waals surface area (Å²) in [4.78, 5) is 17.0. The van der Waals surface area contributed by atoms with E-state index in [9.17, 15) is 4.79 Å². The van der Waals surface area contributed by atoms with Gasteiger partial charge >= 0.3 is 0 Å². The number of benzene rings is 3. The fraction of sp³-hybridized carbons (Fsp3) is 0.130. The summed E-state index contributed by atoms with van der Waals surface area (Å²) in [5, 5.41) is 3.01. The number of rotatable bonds is 7. The Morgan fingerprint density at radius 2 is 1.79 bits per heavy atom. The topological polar surface area (TPSA) is 42.0 Å². The molecule has 4 aromatic rings. The Bertz CT molecular complexity index is 1110. The van der Waals surface area contributed by atoms with Gasteiger partial charge in [-0.1, -0.05) is 70.2 Å². The summed E-state index contributed by atoms with van der Waals surface area (Å²) in [6.45, 7) is 0. The Balaban J connectivity index is 1.36. The number of amides is 1. The number of aryl methyl sites for hydroxylation is 1. The predicted molar refractivity (Wildman–Crippen MR) is 127 cm³/mol. The highest BCUT2D eigenvalue weighted by atomic mass is 79.9. The molecule has 1 N–H and O–H groups in total. The summed E-state index contributed by atoms with van der Waals surface area (Å²) in [6, 6.07) is 24.3. The van der Waals surface area contributed by atoms with Gasteiger partial charge in [0.25, 0.3) is 0 Å². The lowest BCUT2D eigenvalue weighted by molar-refractivity contribution is -0.116. The van der Waals surface area contributed by atoms with Gasteiger partial charge in [-0.2, -0.15) is 0 Å². The molecule has 1 amide bonds. The highest BCUT2D eigenvalue weighted by Gasteiger charge is 2.08. The van der Waals surface area contributed by atoms with Crippen molar-refractivity contribution < 1.29 is 4.79 Å². The van der Waals surface area contributed by atoms with E-state index >= 15 is 0 Å². The third-order valence-corrected chi connectivity index (χ3v) is 7.17. The van der Waals surface area contributed by atoms with Crippen molar-refractivity contribution in [2.24, 2.45) is 0 Å². The van der Waals surface area contributed by atoms with Crippen molar-refractivity contribution in [1.29, 1.82) is 0 Å². The molecule has 0 fully saturated rings. The van der Waals surface area contributed by atoms with E-state index in [1.807, 2.05) is 48.5 Å². The van der Waals surface area contributed by atoms with Crippen LogP contribution in [0.5, 0.6) is 0 Å². The first kappa shape index (κ1) is 20.1. The molecule has 0 aliphatic heterocycles. The number of aromatic nitrogens is 1. The van der Waals surface area contributed by atoms with Gasteiger partial charge in [0.2, 0.25) is 5.91 Å². The number of carbonyl (C=O) groups is 1. The van der Waals surface area contributed by atoms with Gasteiger partial charge in [0, 0.05) is 22.3 Å². The number of fused-ring (bicyclic) bond motifs is 1. The minimum Gasteiger partial charge on any atom is -0.326 e. The highest BCUT2D eigenvalue weighted by molar-refractivity contribution is 9.10. The van der Waals surface area contributed by atoms with Crippen LogP contribution in [-0.2, 0) is 17.0 Å². The smallest absolute Gasteiger partial charge is 0.224 e. The molecule has 3 nitrogen and oxygen atoms in total. The number of nitrogens with one attached hydrogen (secondary N) is 1. The van der Waals surface area contributed by atoms with Crippen LogP contribution < -0.4 is 5.32 Å². The van der Waals surface area contributed by atoms with Gasteiger partial charge in [-0.05, 0) is 47.9 Å². The molecule has 0 radical (unpaired) electrons. The number of nitrogens with zero attached hydrogens (tertiary/aromatic N) is 1. The fourth-order valence-electron chi connectivity index (χ4n) is 2.89. The third-order valence-electron chi connectivity index (χ3n) is 4.41. The Morgan fingerprint density at radius 1 is 1.00 bits per heavy atom. The van der Waals surface area contributed by atoms with Crippen molar-refractivity contribution >= 4 is 60.8 Å². The molecule has 0 saturated carbocycles. The molecule has 0 bridgehead atoms. The number of anilines is 1. The van der Waals surface area contributed by atoms with Crippen LogP contribution in [-0.4, -0.2) is 10.9 Å². The zero-order valence-electron chi connectivity index (χ0n) is 15.6. The van der Waals surface area contributed by atoms with Crippen molar-refractivity contribution in [3.63, 3.8) is 0 Å². The second-order valence-electron chi connectivity index (χ2n) is 6.61. The Kier molecular flexibility index (Phi) is 6.64. The average molecular weight is 483 g/mol. The zero-order valence-corrected chi connectivity index (χ0v) is 18.8. The van der Waals surface area contributed by atoms with Crippen molar-refractivity contribution in [2.45, 2.75) is 22.9 Å². The summed E-state index contributed by atoms with van der Waals surface area (Å²) in [6.07, 6.45) is 1.21. The Hall–Kier alpha value is -2.15. The standard InChI is InChI=1S/C23H19BrN2OS2/c24-18-9-6-17(7-10-18)15-28-23-26-20-12-11-19(14-21(20)29-23)25-22(27)13-8-16-4-2-1-3-5-16/h1-7,9-12,14H,8,13,15H2,(H,25,27). The second-order valence-corrected chi connectivity index (χ2v) is 9.78. The fourth-order valence-corrected chi connectivity index (χ4v) is 5.22. The highest BCUT2D eigenvalue weighted by Crippen LogP contribution is 2.33. The molecule has 0 spiro atoms. The molecular weight excluding hydrogens is 464 g/mol. The number of thiazole rings is 1. The molecule has 29 heavy (non-hydrogen) atoms. The second kappa shape index (κ2) is 9.57. The van der Waals surface area contributed by atoms with Gasteiger partial charge in [-0.15, -0.1) is 11.3 Å². The van der Waals surface area contributed by atoms with Gasteiger partial charge < -0.3 is 5.32 Å². The molecular formula is C23H19BrN2OS2. The molecule has 0 aliphatic rings. The third kappa shape index (κ3) is 5.69. The molecule has 3 aromatic carbocycles. The number of carbonyl (C=O) groups excluding carboxylic acids is 1. The summed E-state index contributed by atoms with van der Waals surface area (Å²) in [5.41, 5.74) is 4.23. The molecule has 4 rings (SSSR count).